The summed E-state index contributed by atoms with van der Waals surface area (Å²) in [7, 11) is 2.31. The number of ether oxygens (including phenoxy) is 5. The van der Waals surface area contributed by atoms with Crippen LogP contribution in [-0.4, -0.2) is 57.4 Å². The number of hydrogen-bond donors (Lipinski definition) is 0. The Hall–Kier alpha value is -2.46. The molecule has 1 aromatic carbocycles. The van der Waals surface area contributed by atoms with Crippen molar-refractivity contribution in [1.29, 1.82) is 0 Å². The minimum Gasteiger partial charge on any atom is -0.496 e. The summed E-state index contributed by atoms with van der Waals surface area (Å²) in [6.07, 6.45) is 2.81. The number of carbonyl (C=O) groups is 2. The zero-order valence-corrected chi connectivity index (χ0v) is 24.8. The highest BCUT2D eigenvalue weighted by Gasteiger charge is 2.67. The van der Waals surface area contributed by atoms with Crippen molar-refractivity contribution in [2.24, 2.45) is 17.3 Å². The van der Waals surface area contributed by atoms with Crippen molar-refractivity contribution in [3.8, 4) is 17.2 Å². The Bertz CT molecular complexity index is 1100. The third-order valence-corrected chi connectivity index (χ3v) is 8.63. The molecule has 1 saturated heterocycles. The third kappa shape index (κ3) is 5.60. The molecule has 4 fully saturated rings. The molecule has 9 nitrogen and oxygen atoms in total. The van der Waals surface area contributed by atoms with E-state index in [1.54, 1.807) is 26.8 Å². The van der Waals surface area contributed by atoms with Gasteiger partial charge in [0.15, 0.2) is 5.75 Å². The third-order valence-electron chi connectivity index (χ3n) is 8.63. The average molecular weight is 546 g/mol. The molecule has 5 rings (SSSR count). The second-order valence-electron chi connectivity index (χ2n) is 12.6. The van der Waals surface area contributed by atoms with Crippen LogP contribution in [0.2, 0.25) is 0 Å². The van der Waals surface area contributed by atoms with E-state index in [2.05, 4.69) is 20.8 Å². The fourth-order valence-electron chi connectivity index (χ4n) is 6.44. The largest absolute Gasteiger partial charge is 0.514 e. The van der Waals surface area contributed by atoms with Gasteiger partial charge in [0.05, 0.1) is 32.5 Å². The summed E-state index contributed by atoms with van der Waals surface area (Å²) in [5.74, 6) is 0.810. The summed E-state index contributed by atoms with van der Waals surface area (Å²) in [4.78, 5) is 26.2. The van der Waals surface area contributed by atoms with Crippen LogP contribution in [0, 0.1) is 17.3 Å². The summed E-state index contributed by atoms with van der Waals surface area (Å²) in [6, 6.07) is 1.59. The molecule has 0 radical (unpaired) electrons. The summed E-state index contributed by atoms with van der Waals surface area (Å²) in [5.41, 5.74) is -0.610. The lowest BCUT2D eigenvalue weighted by Gasteiger charge is -2.64. The van der Waals surface area contributed by atoms with Gasteiger partial charge in [-0.05, 0) is 64.2 Å². The van der Waals surface area contributed by atoms with Gasteiger partial charge >= 0.3 is 19.2 Å². The van der Waals surface area contributed by atoms with E-state index >= 15 is 0 Å². The van der Waals surface area contributed by atoms with Crippen molar-refractivity contribution in [3.63, 3.8) is 0 Å². The van der Waals surface area contributed by atoms with Gasteiger partial charge in [0.2, 0.25) is 0 Å². The quantitative estimate of drug-likeness (QED) is 0.165. The summed E-state index contributed by atoms with van der Waals surface area (Å²) >= 11 is 0. The smallest absolute Gasteiger partial charge is 0.496 e. The molecule has 3 saturated carbocycles. The van der Waals surface area contributed by atoms with E-state index in [1.807, 2.05) is 6.92 Å². The van der Waals surface area contributed by atoms with Gasteiger partial charge < -0.3 is 33.0 Å². The Morgan fingerprint density at radius 2 is 1.79 bits per heavy atom. The first-order valence-corrected chi connectivity index (χ1v) is 13.9. The van der Waals surface area contributed by atoms with Gasteiger partial charge in [-0.25, -0.2) is 9.59 Å². The lowest BCUT2D eigenvalue weighted by Crippen LogP contribution is -2.65. The van der Waals surface area contributed by atoms with Crippen LogP contribution in [-0.2, 0) is 25.1 Å². The second kappa shape index (κ2) is 10.8. The first-order chi connectivity index (χ1) is 18.2. The highest BCUT2D eigenvalue weighted by molar-refractivity contribution is 6.45. The summed E-state index contributed by atoms with van der Waals surface area (Å²) < 4.78 is 41.0. The van der Waals surface area contributed by atoms with E-state index in [-0.39, 0.29) is 41.5 Å². The second-order valence-corrected chi connectivity index (χ2v) is 12.6. The molecule has 1 heterocycles. The minimum atomic E-state index is -0.960. The maximum absolute atomic E-state index is 13.3. The lowest BCUT2D eigenvalue weighted by molar-refractivity contribution is -0.199. The van der Waals surface area contributed by atoms with Gasteiger partial charge in [-0.3, -0.25) is 0 Å². The SMILES string of the molecule is CCCCOC(=O)c1c(OC)cc(OC)c(CB2OC3CC4CC(C4(C)C)[C@]3(C)O2)c1OC(=O)OC(C)(C)C. The van der Waals surface area contributed by atoms with Gasteiger partial charge in [-0.15, -0.1) is 0 Å². The normalized spacial score (nSPS) is 26.8. The van der Waals surface area contributed by atoms with Gasteiger partial charge in [-0.1, -0.05) is 27.2 Å². The molecule has 2 bridgehead atoms. The van der Waals surface area contributed by atoms with Crippen molar-refractivity contribution in [3.05, 3.63) is 17.2 Å². The molecular weight excluding hydrogens is 503 g/mol. The van der Waals surface area contributed by atoms with Crippen LogP contribution in [0.4, 0.5) is 4.79 Å². The number of benzene rings is 1. The van der Waals surface area contributed by atoms with Crippen LogP contribution in [0.5, 0.6) is 17.2 Å². The molecule has 3 unspecified atom stereocenters. The Morgan fingerprint density at radius 3 is 2.38 bits per heavy atom. The monoisotopic (exact) mass is 546 g/mol. The molecule has 0 spiro atoms. The molecule has 0 N–H and O–H groups in total. The lowest BCUT2D eigenvalue weighted by atomic mass is 9.43. The summed E-state index contributed by atoms with van der Waals surface area (Å²) in [6.45, 7) is 14.2. The molecule has 4 aliphatic rings. The number of rotatable bonds is 9. The van der Waals surface area contributed by atoms with Crippen molar-refractivity contribution >= 4 is 19.2 Å². The maximum atomic E-state index is 13.3. The molecule has 0 aromatic heterocycles. The summed E-state index contributed by atoms with van der Waals surface area (Å²) in [5, 5.41) is 0. The van der Waals surface area contributed by atoms with E-state index in [0.29, 0.717) is 29.6 Å². The Morgan fingerprint density at radius 1 is 1.10 bits per heavy atom. The fourth-order valence-corrected chi connectivity index (χ4v) is 6.44. The Balaban J connectivity index is 1.72. The number of hydrogen-bond acceptors (Lipinski definition) is 9. The number of unbranched alkanes of at least 4 members (excludes halogenated alkanes) is 1. The van der Waals surface area contributed by atoms with Crippen molar-refractivity contribution in [2.75, 3.05) is 20.8 Å². The van der Waals surface area contributed by atoms with Crippen LogP contribution in [0.3, 0.4) is 0 Å². The highest BCUT2D eigenvalue weighted by Crippen LogP contribution is 2.65. The van der Waals surface area contributed by atoms with E-state index in [4.69, 9.17) is 33.0 Å². The zero-order valence-electron chi connectivity index (χ0n) is 24.8. The van der Waals surface area contributed by atoms with Gasteiger partial charge in [-0.2, -0.15) is 0 Å². The molecule has 39 heavy (non-hydrogen) atoms. The molecule has 1 aliphatic heterocycles. The van der Waals surface area contributed by atoms with Crippen LogP contribution in [0.15, 0.2) is 6.07 Å². The first-order valence-electron chi connectivity index (χ1n) is 13.9. The predicted molar refractivity (Wildman–Crippen MR) is 145 cm³/mol. The fraction of sp³-hybridized carbons (Fsp3) is 0.724. The van der Waals surface area contributed by atoms with Crippen LogP contribution < -0.4 is 14.2 Å². The van der Waals surface area contributed by atoms with E-state index in [1.165, 1.54) is 14.2 Å². The molecule has 1 aromatic rings. The predicted octanol–water partition coefficient (Wildman–Crippen LogP) is 5.78. The maximum Gasteiger partial charge on any atom is 0.514 e. The molecule has 0 amide bonds. The van der Waals surface area contributed by atoms with E-state index in [9.17, 15) is 9.59 Å². The first kappa shape index (κ1) is 29.5. The molecule has 3 aliphatic carbocycles. The Kier molecular flexibility index (Phi) is 8.21. The highest BCUT2D eigenvalue weighted by atomic mass is 16.7. The van der Waals surface area contributed by atoms with Crippen molar-refractivity contribution < 1.29 is 42.6 Å². The number of esters is 1. The number of carbonyl (C=O) groups excluding carboxylic acids is 2. The standard InChI is InChI=1S/C29H43BO9/c1-10-11-12-35-25(31)23-20(34-9)15-19(33-8)18(24(23)36-26(32)37-27(2,3)4)16-30-38-22-14-17-13-21(28(17,5)6)29(22,7)39-30/h15,17,21-22H,10-14,16H2,1-9H3/t17?,21?,22?,29-/m0/s1. The van der Waals surface area contributed by atoms with E-state index < -0.39 is 30.4 Å². The van der Waals surface area contributed by atoms with Gasteiger partial charge in [0, 0.05) is 17.9 Å². The Labute approximate surface area is 232 Å². The van der Waals surface area contributed by atoms with Crippen LogP contribution in [0.25, 0.3) is 0 Å². The molecule has 10 heteroatoms. The molecule has 216 valence electrons. The van der Waals surface area contributed by atoms with Crippen LogP contribution in [0.1, 0.15) is 90.1 Å². The number of methoxy groups -OCH3 is 2. The van der Waals surface area contributed by atoms with E-state index in [0.717, 1.165) is 19.3 Å². The van der Waals surface area contributed by atoms with Gasteiger partial charge in [0.1, 0.15) is 22.7 Å². The average Bonchev–Trinajstić information content (AvgIpc) is 3.18. The molecule has 4 atom stereocenters. The molecular formula is C29H43BO9. The van der Waals surface area contributed by atoms with Crippen LogP contribution >= 0.6 is 0 Å². The minimum absolute atomic E-state index is 0.0136. The zero-order chi connectivity index (χ0) is 28.8. The van der Waals surface area contributed by atoms with Crippen molar-refractivity contribution in [1.82, 2.24) is 0 Å². The topological polar surface area (TPSA) is 98.8 Å². The van der Waals surface area contributed by atoms with Crippen molar-refractivity contribution in [2.45, 2.75) is 97.8 Å². The van der Waals surface area contributed by atoms with Gasteiger partial charge in [0.25, 0.3) is 0 Å².